The first-order valence-corrected chi connectivity index (χ1v) is 15.4. The first-order chi connectivity index (χ1) is 24.1. The van der Waals surface area contributed by atoms with E-state index >= 15 is 0 Å². The number of carbonyl (C=O) groups is 1. The summed E-state index contributed by atoms with van der Waals surface area (Å²) in [7, 11) is 7.03. The number of fused-ring (bicyclic) bond motifs is 2. The Morgan fingerprint density at radius 1 is 0.680 bits per heavy atom. The predicted molar refractivity (Wildman–Crippen MR) is 178 cm³/mol. The summed E-state index contributed by atoms with van der Waals surface area (Å²) >= 11 is 25.2. The fourth-order valence-corrected chi connectivity index (χ4v) is 5.32. The maximum absolute atomic E-state index is 11.6. The van der Waals surface area contributed by atoms with Gasteiger partial charge in [-0.15, -0.1) is 10.2 Å². The highest BCUT2D eigenvalue weighted by Crippen LogP contribution is 2.41. The molecule has 2 aromatic carbocycles. The zero-order valence-electron chi connectivity index (χ0n) is 26.6. The van der Waals surface area contributed by atoms with Gasteiger partial charge in [0.25, 0.3) is 23.5 Å². The van der Waals surface area contributed by atoms with Gasteiger partial charge in [-0.05, 0) is 33.0 Å². The van der Waals surface area contributed by atoms with Gasteiger partial charge >= 0.3 is 5.97 Å². The van der Waals surface area contributed by atoms with E-state index in [0.717, 1.165) is 0 Å². The molecule has 6 aromatic rings. The minimum Gasteiger partial charge on any atom is -0.477 e. The molecule has 0 radical (unpaired) electrons. The van der Waals surface area contributed by atoms with Crippen LogP contribution in [0.15, 0.2) is 12.1 Å². The van der Waals surface area contributed by atoms with Crippen LogP contribution in [0.5, 0.6) is 23.5 Å². The van der Waals surface area contributed by atoms with Crippen molar-refractivity contribution in [3.05, 3.63) is 32.2 Å². The van der Waals surface area contributed by atoms with Crippen LogP contribution in [0, 0.1) is 0 Å². The lowest BCUT2D eigenvalue weighted by Crippen LogP contribution is -2.14. The highest BCUT2D eigenvalue weighted by atomic mass is 35.5. The van der Waals surface area contributed by atoms with E-state index in [9.17, 15) is 4.79 Å². The fourth-order valence-electron chi connectivity index (χ4n) is 4.46. The Balaban J connectivity index is 0.000000195. The number of methoxy groups -OCH3 is 5. The number of rotatable bonds is 10. The van der Waals surface area contributed by atoms with Crippen molar-refractivity contribution in [1.29, 1.82) is 0 Å². The molecule has 19 nitrogen and oxygen atoms in total. The molecule has 4 aromatic heterocycles. The van der Waals surface area contributed by atoms with Crippen molar-refractivity contribution in [3.8, 4) is 46.3 Å². The molecule has 0 aliphatic rings. The van der Waals surface area contributed by atoms with Crippen molar-refractivity contribution in [2.45, 2.75) is 13.1 Å². The molecule has 0 bridgehead atoms. The minimum atomic E-state index is -0.536. The van der Waals surface area contributed by atoms with E-state index in [1.165, 1.54) is 51.0 Å². The third kappa shape index (κ3) is 7.03. The topological polar surface area (TPSA) is 222 Å². The number of hydrogen-bond donors (Lipinski definition) is 1. The highest BCUT2D eigenvalue weighted by Gasteiger charge is 2.25. The largest absolute Gasteiger partial charge is 0.477 e. The molecule has 0 saturated carbocycles. The second-order valence-electron chi connectivity index (χ2n) is 9.50. The predicted octanol–water partition coefficient (Wildman–Crippen LogP) is 3.38. The summed E-state index contributed by atoms with van der Waals surface area (Å²) in [6, 6.07) is 3.10. The Morgan fingerprint density at radius 3 is 1.52 bits per heavy atom. The number of halogens is 4. The standard InChI is InChI=1S/C14H12Cl2N6O4.C13H12Cl2N6O3/c1-24-8(23)5-22-12(19-20-21-22)9-10(16)6(15)4-7-11(9)18-14(26-3)13(17-7)25-2;1-23-12-13(24-2)17-10-7(16-12)5-6(14)9(15)8(10)11-18-19-20-21(11)3-4-22/h4H,5H2,1-3H3;5,22H,3-4H2,1-2H3. The Hall–Kier alpha value is -4.95. The summed E-state index contributed by atoms with van der Waals surface area (Å²) in [5, 5.41) is 32.7. The van der Waals surface area contributed by atoms with Crippen LogP contribution in [0.1, 0.15) is 0 Å². The maximum Gasteiger partial charge on any atom is 0.327 e. The van der Waals surface area contributed by atoms with E-state index in [2.05, 4.69) is 55.7 Å². The molecule has 50 heavy (non-hydrogen) atoms. The van der Waals surface area contributed by atoms with Crippen LogP contribution in [-0.4, -0.2) is 114 Å². The van der Waals surface area contributed by atoms with Gasteiger partial charge in [0.1, 0.15) is 17.6 Å². The van der Waals surface area contributed by atoms with Crippen LogP contribution in [-0.2, 0) is 22.6 Å². The summed E-state index contributed by atoms with van der Waals surface area (Å²) in [4.78, 5) is 29.0. The molecule has 0 saturated heterocycles. The van der Waals surface area contributed by atoms with Gasteiger partial charge in [-0.1, -0.05) is 46.4 Å². The van der Waals surface area contributed by atoms with Crippen LogP contribution in [0.2, 0.25) is 20.1 Å². The molecule has 6 rings (SSSR count). The lowest BCUT2D eigenvalue weighted by Gasteiger charge is -2.12. The molecule has 0 atom stereocenters. The molecule has 0 unspecified atom stereocenters. The van der Waals surface area contributed by atoms with Crippen LogP contribution in [0.25, 0.3) is 44.8 Å². The molecule has 0 fully saturated rings. The molecular formula is C27H24Cl4N12O7. The summed E-state index contributed by atoms with van der Waals surface area (Å²) in [6.07, 6.45) is 0. The quantitative estimate of drug-likeness (QED) is 0.197. The average molecular weight is 770 g/mol. The zero-order valence-corrected chi connectivity index (χ0v) is 29.6. The molecule has 0 spiro atoms. The van der Waals surface area contributed by atoms with E-state index in [0.29, 0.717) is 39.0 Å². The van der Waals surface area contributed by atoms with E-state index in [4.69, 9.17) is 70.5 Å². The molecule has 0 aliphatic carbocycles. The Bertz CT molecular complexity index is 2200. The van der Waals surface area contributed by atoms with E-state index < -0.39 is 5.97 Å². The maximum atomic E-state index is 11.6. The van der Waals surface area contributed by atoms with Crippen LogP contribution in [0.4, 0.5) is 0 Å². The number of hydrogen-bond acceptors (Lipinski definition) is 17. The lowest BCUT2D eigenvalue weighted by atomic mass is 10.1. The lowest BCUT2D eigenvalue weighted by molar-refractivity contribution is -0.141. The van der Waals surface area contributed by atoms with Gasteiger partial charge in [-0.2, -0.15) is 0 Å². The van der Waals surface area contributed by atoms with Crippen molar-refractivity contribution in [3.63, 3.8) is 0 Å². The van der Waals surface area contributed by atoms with E-state index in [1.807, 2.05) is 0 Å². The van der Waals surface area contributed by atoms with Gasteiger partial charge in [0, 0.05) is 0 Å². The molecule has 0 aliphatic heterocycles. The van der Waals surface area contributed by atoms with E-state index in [1.54, 1.807) is 6.07 Å². The minimum absolute atomic E-state index is 0.142. The number of aliphatic hydroxyl groups excluding tert-OH is 1. The number of benzene rings is 2. The molecule has 23 heteroatoms. The number of esters is 1. The summed E-state index contributed by atoms with van der Waals surface area (Å²) in [5.74, 6) is 0.670. The summed E-state index contributed by atoms with van der Waals surface area (Å²) < 4.78 is 28.0. The Morgan fingerprint density at radius 2 is 1.10 bits per heavy atom. The van der Waals surface area contributed by atoms with Crippen LogP contribution < -0.4 is 18.9 Å². The number of nitrogens with zero attached hydrogens (tertiary/aromatic N) is 12. The summed E-state index contributed by atoms with van der Waals surface area (Å²) in [6.45, 7) is -0.172. The number of aromatic nitrogens is 12. The monoisotopic (exact) mass is 768 g/mol. The van der Waals surface area contributed by atoms with Gasteiger partial charge in [0.2, 0.25) is 0 Å². The van der Waals surface area contributed by atoms with Crippen LogP contribution in [0.3, 0.4) is 0 Å². The third-order valence-corrected chi connectivity index (χ3v) is 8.26. The van der Waals surface area contributed by atoms with Crippen molar-refractivity contribution >= 4 is 74.4 Å². The second-order valence-corrected chi connectivity index (χ2v) is 11.1. The van der Waals surface area contributed by atoms with Crippen molar-refractivity contribution in [2.24, 2.45) is 0 Å². The molecule has 1 N–H and O–H groups in total. The zero-order chi connectivity index (χ0) is 36.1. The summed E-state index contributed by atoms with van der Waals surface area (Å²) in [5.41, 5.74) is 2.26. The molecular weight excluding hydrogens is 746 g/mol. The smallest absolute Gasteiger partial charge is 0.327 e. The highest BCUT2D eigenvalue weighted by molar-refractivity contribution is 6.45. The normalized spacial score (nSPS) is 10.9. The number of carbonyl (C=O) groups excluding carboxylic acids is 1. The van der Waals surface area contributed by atoms with Gasteiger partial charge in [-0.25, -0.2) is 29.3 Å². The second kappa shape index (κ2) is 15.7. The molecule has 4 heterocycles. The van der Waals surface area contributed by atoms with Gasteiger partial charge in [0.15, 0.2) is 11.6 Å². The first-order valence-electron chi connectivity index (χ1n) is 13.9. The van der Waals surface area contributed by atoms with Crippen molar-refractivity contribution in [1.82, 2.24) is 60.4 Å². The Labute approximate surface area is 301 Å². The van der Waals surface area contributed by atoms with Gasteiger partial charge in [0.05, 0.1) is 91.0 Å². The van der Waals surface area contributed by atoms with Gasteiger partial charge in [-0.3, -0.25) is 4.79 Å². The average Bonchev–Trinajstić information content (AvgIpc) is 3.78. The Kier molecular flexibility index (Phi) is 11.4. The number of tetrazole rings is 2. The van der Waals surface area contributed by atoms with Crippen molar-refractivity contribution in [2.75, 3.05) is 42.2 Å². The SMILES string of the molecule is COC(=O)Cn1nnnc1-c1c(Cl)c(Cl)cc2nc(OC)c(OC)nc12.COc1nc2cc(Cl)c(Cl)c(-c3nnnn3CCO)c2nc1OC. The first kappa shape index (κ1) is 36.3. The fraction of sp³-hybridized carbons (Fsp3) is 0.296. The number of aliphatic hydroxyl groups is 1. The molecule has 262 valence electrons. The molecule has 0 amide bonds. The number of ether oxygens (including phenoxy) is 5. The van der Waals surface area contributed by atoms with Crippen molar-refractivity contribution < 1.29 is 33.6 Å². The van der Waals surface area contributed by atoms with E-state index in [-0.39, 0.29) is 69.1 Å². The van der Waals surface area contributed by atoms with Gasteiger partial charge < -0.3 is 28.8 Å². The van der Waals surface area contributed by atoms with Crippen LogP contribution >= 0.6 is 46.4 Å². The third-order valence-electron chi connectivity index (χ3n) is 6.68.